The summed E-state index contributed by atoms with van der Waals surface area (Å²) in [7, 11) is -3.37. The quantitative estimate of drug-likeness (QED) is 0.659. The Morgan fingerprint density at radius 3 is 2.69 bits per heavy atom. The van der Waals surface area contributed by atoms with Crippen LogP contribution in [0.1, 0.15) is 12.8 Å². The van der Waals surface area contributed by atoms with Gasteiger partial charge in [-0.25, -0.2) is 12.7 Å². The highest BCUT2D eigenvalue weighted by Crippen LogP contribution is 2.39. The van der Waals surface area contributed by atoms with Crippen LogP contribution < -0.4 is 5.73 Å². The average Bonchev–Trinajstić information content (AvgIpc) is 2.66. The van der Waals surface area contributed by atoms with Crippen LogP contribution in [0.5, 0.6) is 0 Å². The first kappa shape index (κ1) is 12.2. The zero-order valence-corrected chi connectivity index (χ0v) is 10.5. The maximum Gasteiger partial charge on any atom is 0.220 e. The topological polar surface area (TPSA) is 83.6 Å². The molecule has 1 saturated carbocycles. The van der Waals surface area contributed by atoms with Crippen LogP contribution in [-0.2, 0) is 10.0 Å². The Kier molecular flexibility index (Phi) is 3.22. The number of rotatable bonds is 3. The second-order valence-electron chi connectivity index (χ2n) is 4.61. The molecule has 1 aliphatic carbocycles. The molecule has 1 heterocycles. The van der Waals surface area contributed by atoms with E-state index in [-0.39, 0.29) is 22.8 Å². The van der Waals surface area contributed by atoms with Gasteiger partial charge in [-0.05, 0) is 18.8 Å². The highest BCUT2D eigenvalue weighted by Gasteiger charge is 2.45. The fourth-order valence-corrected chi connectivity index (χ4v) is 4.50. The van der Waals surface area contributed by atoms with Gasteiger partial charge in [0.25, 0.3) is 0 Å². The Labute approximate surface area is 101 Å². The average molecular weight is 264 g/mol. The number of hydrogen-bond donors (Lipinski definition) is 2. The summed E-state index contributed by atoms with van der Waals surface area (Å²) >= 11 is 4.63. The van der Waals surface area contributed by atoms with Gasteiger partial charge in [-0.1, -0.05) is 12.2 Å². The lowest BCUT2D eigenvalue weighted by Crippen LogP contribution is -2.36. The van der Waals surface area contributed by atoms with E-state index in [1.165, 1.54) is 4.31 Å². The van der Waals surface area contributed by atoms with E-state index in [4.69, 9.17) is 5.73 Å². The fourth-order valence-electron chi connectivity index (χ4n) is 2.69. The molecule has 2 aliphatic rings. The number of nitrogens with two attached hydrogens (primary N) is 1. The van der Waals surface area contributed by atoms with Crippen molar-refractivity contribution in [3.05, 3.63) is 0 Å². The maximum atomic E-state index is 11.9. The van der Waals surface area contributed by atoms with Crippen LogP contribution in [0, 0.1) is 11.8 Å². The molecule has 0 aromatic rings. The van der Waals surface area contributed by atoms with E-state index in [1.807, 2.05) is 0 Å². The fraction of sp³-hybridized carbons (Fsp3) is 0.889. The molecule has 2 fully saturated rings. The van der Waals surface area contributed by atoms with Crippen molar-refractivity contribution in [2.45, 2.75) is 18.9 Å². The molecule has 5 nitrogen and oxygen atoms in total. The molecule has 3 N–H and O–H groups in total. The van der Waals surface area contributed by atoms with Crippen molar-refractivity contribution in [3.63, 3.8) is 0 Å². The molecule has 1 aliphatic heterocycles. The molecule has 1 saturated heterocycles. The lowest BCUT2D eigenvalue weighted by atomic mass is 10.00. The molecule has 92 valence electrons. The molecule has 0 aromatic heterocycles. The van der Waals surface area contributed by atoms with Gasteiger partial charge in [0.05, 0.1) is 11.1 Å². The monoisotopic (exact) mass is 264 g/mol. The molecule has 0 amide bonds. The molecule has 2 rings (SSSR count). The zero-order valence-electron chi connectivity index (χ0n) is 8.87. The van der Waals surface area contributed by atoms with Gasteiger partial charge in [0.1, 0.15) is 5.75 Å². The van der Waals surface area contributed by atoms with Gasteiger partial charge in [0.15, 0.2) is 0 Å². The second kappa shape index (κ2) is 4.21. The van der Waals surface area contributed by atoms with E-state index < -0.39 is 10.0 Å². The Bertz CT molecular complexity index is 396. The third-order valence-corrected chi connectivity index (χ3v) is 5.59. The number of aliphatic hydroxyl groups excluding tert-OH is 1. The van der Waals surface area contributed by atoms with Crippen molar-refractivity contribution < 1.29 is 13.5 Å². The number of aliphatic hydroxyl groups is 1. The summed E-state index contributed by atoms with van der Waals surface area (Å²) < 4.78 is 25.1. The summed E-state index contributed by atoms with van der Waals surface area (Å²) in [5.41, 5.74) is 5.27. The van der Waals surface area contributed by atoms with Crippen LogP contribution in [0.4, 0.5) is 0 Å². The third kappa shape index (κ3) is 2.22. The normalized spacial score (nSPS) is 35.2. The van der Waals surface area contributed by atoms with Crippen LogP contribution in [-0.4, -0.2) is 47.8 Å². The predicted octanol–water partition coefficient (Wildman–Crippen LogP) is -0.695. The number of nitrogens with zero attached hydrogens (tertiary/aromatic N) is 1. The van der Waals surface area contributed by atoms with E-state index in [1.54, 1.807) is 0 Å². The molecular weight excluding hydrogens is 248 g/mol. The van der Waals surface area contributed by atoms with Gasteiger partial charge in [0, 0.05) is 19.0 Å². The number of sulfonamides is 1. The minimum absolute atomic E-state index is 0.00221. The predicted molar refractivity (Wildman–Crippen MR) is 64.4 cm³/mol. The smallest absolute Gasteiger partial charge is 0.220 e. The van der Waals surface area contributed by atoms with Crippen molar-refractivity contribution >= 4 is 27.2 Å². The van der Waals surface area contributed by atoms with E-state index in [0.29, 0.717) is 19.0 Å². The summed E-state index contributed by atoms with van der Waals surface area (Å²) in [6, 6.07) is 0. The van der Waals surface area contributed by atoms with Crippen LogP contribution in [0.2, 0.25) is 0 Å². The van der Waals surface area contributed by atoms with Crippen LogP contribution in [0.3, 0.4) is 0 Å². The van der Waals surface area contributed by atoms with Crippen molar-refractivity contribution in [1.82, 2.24) is 4.31 Å². The molecule has 0 aromatic carbocycles. The summed E-state index contributed by atoms with van der Waals surface area (Å²) in [4.78, 5) is -0.00221. The third-order valence-electron chi connectivity index (χ3n) is 3.50. The van der Waals surface area contributed by atoms with Crippen molar-refractivity contribution in [3.8, 4) is 0 Å². The van der Waals surface area contributed by atoms with Gasteiger partial charge < -0.3 is 10.8 Å². The number of hydrogen-bond acceptors (Lipinski definition) is 4. The molecule has 3 unspecified atom stereocenters. The van der Waals surface area contributed by atoms with Gasteiger partial charge in [-0.3, -0.25) is 0 Å². The van der Waals surface area contributed by atoms with Gasteiger partial charge in [0.2, 0.25) is 10.0 Å². The zero-order chi connectivity index (χ0) is 11.9. The Morgan fingerprint density at radius 2 is 2.12 bits per heavy atom. The van der Waals surface area contributed by atoms with E-state index in [0.717, 1.165) is 12.8 Å². The molecule has 0 bridgehead atoms. The molecule has 0 radical (unpaired) electrons. The van der Waals surface area contributed by atoms with Crippen LogP contribution in [0.25, 0.3) is 0 Å². The van der Waals surface area contributed by atoms with E-state index in [2.05, 4.69) is 12.2 Å². The lowest BCUT2D eigenvalue weighted by molar-refractivity contribution is 0.129. The number of fused-ring (bicyclic) bond motifs is 1. The summed E-state index contributed by atoms with van der Waals surface area (Å²) in [5, 5.41) is 9.69. The Hall–Kier alpha value is -0.240. The highest BCUT2D eigenvalue weighted by molar-refractivity contribution is 7.92. The maximum absolute atomic E-state index is 11.9. The molecular formula is C9H16N2O3S2. The lowest BCUT2D eigenvalue weighted by Gasteiger charge is -2.17. The first-order valence-electron chi connectivity index (χ1n) is 5.34. The van der Waals surface area contributed by atoms with Gasteiger partial charge in [-0.2, -0.15) is 0 Å². The first-order chi connectivity index (χ1) is 7.40. The SMILES string of the molecule is NC(=S)CS(=O)(=O)N1CC2CCC(O)C2C1. The Morgan fingerprint density at radius 1 is 1.44 bits per heavy atom. The van der Waals surface area contributed by atoms with Crippen molar-refractivity contribution in [2.75, 3.05) is 18.8 Å². The summed E-state index contributed by atoms with van der Waals surface area (Å²) in [6.45, 7) is 0.920. The summed E-state index contributed by atoms with van der Waals surface area (Å²) in [6.07, 6.45) is 1.35. The van der Waals surface area contributed by atoms with Gasteiger partial charge >= 0.3 is 0 Å². The van der Waals surface area contributed by atoms with Crippen LogP contribution in [0.15, 0.2) is 0 Å². The van der Waals surface area contributed by atoms with E-state index in [9.17, 15) is 13.5 Å². The Balaban J connectivity index is 2.07. The minimum atomic E-state index is -3.37. The molecule has 7 heteroatoms. The standard InChI is InChI=1S/C9H16N2O3S2/c10-9(15)5-16(13,14)11-3-6-1-2-8(12)7(6)4-11/h6-8,12H,1-5H2,(H2,10,15). The minimum Gasteiger partial charge on any atom is -0.393 e. The molecule has 16 heavy (non-hydrogen) atoms. The summed E-state index contributed by atoms with van der Waals surface area (Å²) in [5.74, 6) is 0.134. The number of thiocarbonyl (C=S) groups is 1. The van der Waals surface area contributed by atoms with E-state index >= 15 is 0 Å². The van der Waals surface area contributed by atoms with Crippen molar-refractivity contribution in [1.29, 1.82) is 0 Å². The second-order valence-corrected chi connectivity index (χ2v) is 7.10. The first-order valence-corrected chi connectivity index (χ1v) is 7.36. The van der Waals surface area contributed by atoms with Crippen molar-refractivity contribution in [2.24, 2.45) is 17.6 Å². The largest absolute Gasteiger partial charge is 0.393 e. The molecule has 0 spiro atoms. The molecule has 3 atom stereocenters. The van der Waals surface area contributed by atoms with Gasteiger partial charge in [-0.15, -0.1) is 0 Å². The highest BCUT2D eigenvalue weighted by atomic mass is 32.2. The van der Waals surface area contributed by atoms with Crippen LogP contribution >= 0.6 is 12.2 Å².